The number of fused-ring (bicyclic) bond motifs is 1. The molecule has 2 unspecified atom stereocenters. The smallest absolute Gasteiger partial charge is 0.0963 e. The Kier molecular flexibility index (Phi) is 3.06. The molecule has 2 heterocycles. The Bertz CT molecular complexity index is 572. The summed E-state index contributed by atoms with van der Waals surface area (Å²) in [6, 6.07) is 5.98. The first kappa shape index (κ1) is 12.0. The second-order valence-electron chi connectivity index (χ2n) is 5.00. The minimum atomic E-state index is -0.447. The van der Waals surface area contributed by atoms with Crippen molar-refractivity contribution in [2.75, 3.05) is 6.54 Å². The van der Waals surface area contributed by atoms with Crippen LogP contribution in [0.4, 0.5) is 0 Å². The van der Waals surface area contributed by atoms with Crippen molar-refractivity contribution in [3.63, 3.8) is 0 Å². The van der Waals surface area contributed by atoms with Gasteiger partial charge in [0, 0.05) is 40.8 Å². The fourth-order valence-corrected chi connectivity index (χ4v) is 2.99. The predicted molar refractivity (Wildman–Crippen MR) is 73.9 cm³/mol. The summed E-state index contributed by atoms with van der Waals surface area (Å²) in [7, 11) is 1.98. The Morgan fingerprint density at radius 2 is 2.33 bits per heavy atom. The van der Waals surface area contributed by atoms with E-state index >= 15 is 0 Å². The lowest BCUT2D eigenvalue weighted by molar-refractivity contribution is 0.139. The molecule has 1 aromatic heterocycles. The standard InChI is InChI=1S/C14H17ClN2O/c1-17-8-11(14(18)12-3-2-6-16-12)10-5-4-9(15)7-13(10)17/h4-5,7-8,12,14,16,18H,2-3,6H2,1H3. The molecule has 1 aromatic carbocycles. The Balaban J connectivity index is 2.06. The van der Waals surface area contributed by atoms with E-state index in [0.29, 0.717) is 0 Å². The summed E-state index contributed by atoms with van der Waals surface area (Å²) >= 11 is 6.02. The topological polar surface area (TPSA) is 37.2 Å². The van der Waals surface area contributed by atoms with E-state index in [4.69, 9.17) is 11.6 Å². The van der Waals surface area contributed by atoms with E-state index in [2.05, 4.69) is 5.32 Å². The third kappa shape index (κ3) is 1.92. The number of aryl methyl sites for hydroxylation is 1. The van der Waals surface area contributed by atoms with Crippen LogP contribution in [-0.2, 0) is 7.05 Å². The summed E-state index contributed by atoms with van der Waals surface area (Å²) in [5.41, 5.74) is 2.05. The van der Waals surface area contributed by atoms with E-state index in [1.807, 2.05) is 36.0 Å². The van der Waals surface area contributed by atoms with Gasteiger partial charge in [0.05, 0.1) is 6.10 Å². The lowest BCUT2D eigenvalue weighted by Gasteiger charge is -2.17. The average molecular weight is 265 g/mol. The van der Waals surface area contributed by atoms with Crippen LogP contribution in [0.1, 0.15) is 24.5 Å². The van der Waals surface area contributed by atoms with Gasteiger partial charge in [-0.25, -0.2) is 0 Å². The van der Waals surface area contributed by atoms with Crippen molar-refractivity contribution in [1.29, 1.82) is 0 Å². The van der Waals surface area contributed by atoms with Gasteiger partial charge >= 0.3 is 0 Å². The monoisotopic (exact) mass is 264 g/mol. The van der Waals surface area contributed by atoms with Gasteiger partial charge < -0.3 is 15.0 Å². The Hall–Kier alpha value is -1.03. The minimum absolute atomic E-state index is 0.172. The number of aliphatic hydroxyl groups excluding tert-OH is 1. The Morgan fingerprint density at radius 3 is 3.06 bits per heavy atom. The first-order chi connectivity index (χ1) is 8.66. The van der Waals surface area contributed by atoms with Gasteiger partial charge in [-0.15, -0.1) is 0 Å². The minimum Gasteiger partial charge on any atom is -0.387 e. The number of nitrogens with one attached hydrogen (secondary N) is 1. The Labute approximate surface area is 111 Å². The fraction of sp³-hybridized carbons (Fsp3) is 0.429. The van der Waals surface area contributed by atoms with Crippen molar-refractivity contribution in [2.45, 2.75) is 25.0 Å². The van der Waals surface area contributed by atoms with E-state index in [0.717, 1.165) is 40.9 Å². The van der Waals surface area contributed by atoms with Crippen LogP contribution in [-0.4, -0.2) is 22.3 Å². The van der Waals surface area contributed by atoms with Crippen molar-refractivity contribution in [1.82, 2.24) is 9.88 Å². The summed E-state index contributed by atoms with van der Waals surface area (Å²) in [5.74, 6) is 0. The molecule has 1 fully saturated rings. The zero-order valence-electron chi connectivity index (χ0n) is 10.4. The van der Waals surface area contributed by atoms with E-state index in [9.17, 15) is 5.11 Å². The van der Waals surface area contributed by atoms with E-state index < -0.39 is 6.10 Å². The molecule has 1 aliphatic rings. The zero-order chi connectivity index (χ0) is 12.7. The van der Waals surface area contributed by atoms with Gasteiger partial charge in [0.2, 0.25) is 0 Å². The largest absolute Gasteiger partial charge is 0.387 e. The number of hydrogen-bond acceptors (Lipinski definition) is 2. The van der Waals surface area contributed by atoms with Crippen LogP contribution in [0, 0.1) is 0 Å². The highest BCUT2D eigenvalue weighted by atomic mass is 35.5. The average Bonchev–Trinajstić information content (AvgIpc) is 2.97. The van der Waals surface area contributed by atoms with Crippen LogP contribution < -0.4 is 5.32 Å². The SMILES string of the molecule is Cn1cc(C(O)C2CCCN2)c2ccc(Cl)cc21. The molecule has 1 aliphatic heterocycles. The van der Waals surface area contributed by atoms with Gasteiger partial charge in [-0.05, 0) is 31.5 Å². The first-order valence-corrected chi connectivity index (χ1v) is 6.70. The molecule has 0 amide bonds. The molecule has 0 radical (unpaired) electrons. The zero-order valence-corrected chi connectivity index (χ0v) is 11.1. The second-order valence-corrected chi connectivity index (χ2v) is 5.44. The summed E-state index contributed by atoms with van der Waals surface area (Å²) in [4.78, 5) is 0. The third-order valence-corrected chi connectivity index (χ3v) is 4.02. The molecule has 0 bridgehead atoms. The third-order valence-electron chi connectivity index (χ3n) is 3.78. The van der Waals surface area contributed by atoms with Crippen LogP contribution >= 0.6 is 11.6 Å². The van der Waals surface area contributed by atoms with Crippen LogP contribution in [0.3, 0.4) is 0 Å². The molecule has 3 nitrogen and oxygen atoms in total. The van der Waals surface area contributed by atoms with Crippen molar-refractivity contribution in [3.8, 4) is 0 Å². The molecule has 1 saturated heterocycles. The highest BCUT2D eigenvalue weighted by molar-refractivity contribution is 6.31. The van der Waals surface area contributed by atoms with Crippen molar-refractivity contribution in [3.05, 3.63) is 35.0 Å². The molecule has 2 aromatic rings. The van der Waals surface area contributed by atoms with Gasteiger partial charge in [-0.2, -0.15) is 0 Å². The molecule has 18 heavy (non-hydrogen) atoms. The van der Waals surface area contributed by atoms with Crippen LogP contribution in [0.2, 0.25) is 5.02 Å². The Morgan fingerprint density at radius 1 is 1.50 bits per heavy atom. The van der Waals surface area contributed by atoms with E-state index in [1.165, 1.54) is 0 Å². The lowest BCUT2D eigenvalue weighted by Crippen LogP contribution is -2.28. The highest BCUT2D eigenvalue weighted by Gasteiger charge is 2.26. The molecular weight excluding hydrogens is 248 g/mol. The number of hydrogen-bond donors (Lipinski definition) is 2. The molecule has 0 saturated carbocycles. The molecule has 96 valence electrons. The number of aromatic nitrogens is 1. The van der Waals surface area contributed by atoms with Crippen molar-refractivity contribution in [2.24, 2.45) is 7.05 Å². The summed E-state index contributed by atoms with van der Waals surface area (Å²) < 4.78 is 2.02. The maximum Gasteiger partial charge on any atom is 0.0963 e. The molecule has 2 N–H and O–H groups in total. The molecule has 3 rings (SSSR count). The summed E-state index contributed by atoms with van der Waals surface area (Å²) in [6.07, 6.45) is 3.73. The molecular formula is C14H17ClN2O. The van der Waals surface area contributed by atoms with Gasteiger partial charge in [-0.3, -0.25) is 0 Å². The van der Waals surface area contributed by atoms with E-state index in [1.54, 1.807) is 0 Å². The number of rotatable bonds is 2. The van der Waals surface area contributed by atoms with Gasteiger partial charge in [-0.1, -0.05) is 17.7 Å². The van der Waals surface area contributed by atoms with Crippen molar-refractivity contribution >= 4 is 22.5 Å². The maximum absolute atomic E-state index is 10.5. The van der Waals surface area contributed by atoms with Crippen LogP contribution in [0.25, 0.3) is 10.9 Å². The van der Waals surface area contributed by atoms with Gasteiger partial charge in [0.1, 0.15) is 0 Å². The number of aliphatic hydroxyl groups is 1. The predicted octanol–water partition coefficient (Wildman–Crippen LogP) is 2.62. The summed E-state index contributed by atoms with van der Waals surface area (Å²) in [5, 5.41) is 15.7. The van der Waals surface area contributed by atoms with E-state index in [-0.39, 0.29) is 6.04 Å². The van der Waals surface area contributed by atoms with Gasteiger partial charge in [0.15, 0.2) is 0 Å². The van der Waals surface area contributed by atoms with Gasteiger partial charge in [0.25, 0.3) is 0 Å². The first-order valence-electron chi connectivity index (χ1n) is 6.33. The summed E-state index contributed by atoms with van der Waals surface area (Å²) in [6.45, 7) is 0.998. The molecule has 4 heteroatoms. The number of benzene rings is 1. The molecule has 2 atom stereocenters. The molecule has 0 aliphatic carbocycles. The van der Waals surface area contributed by atoms with Crippen molar-refractivity contribution < 1.29 is 5.11 Å². The number of nitrogens with zero attached hydrogens (tertiary/aromatic N) is 1. The number of halogens is 1. The fourth-order valence-electron chi connectivity index (χ4n) is 2.82. The molecule has 0 spiro atoms. The lowest BCUT2D eigenvalue weighted by atomic mass is 10.0. The maximum atomic E-state index is 10.5. The quantitative estimate of drug-likeness (QED) is 0.875. The highest BCUT2D eigenvalue weighted by Crippen LogP contribution is 2.31. The normalized spacial score (nSPS) is 21.6. The second kappa shape index (κ2) is 4.57. The van der Waals surface area contributed by atoms with Crippen LogP contribution in [0.15, 0.2) is 24.4 Å². The van der Waals surface area contributed by atoms with Crippen LogP contribution in [0.5, 0.6) is 0 Å².